The van der Waals surface area contributed by atoms with Crippen LogP contribution >= 0.6 is 0 Å². The van der Waals surface area contributed by atoms with E-state index in [9.17, 15) is 0 Å². The predicted molar refractivity (Wildman–Crippen MR) is 85.7 cm³/mol. The standard InChI is InChI=1S/C19H29N/c1-19(2)11-9-15(10-12-19)18(20)17-8-4-7-16(13-17)14-5-3-6-14/h4,7-8,13-15,18H,3,5-6,9-12,20H2,1-2H3. The Labute approximate surface area is 124 Å². The maximum absolute atomic E-state index is 6.59. The summed E-state index contributed by atoms with van der Waals surface area (Å²) in [7, 11) is 0. The summed E-state index contributed by atoms with van der Waals surface area (Å²) in [5.74, 6) is 1.49. The summed E-state index contributed by atoms with van der Waals surface area (Å²) in [4.78, 5) is 0. The summed E-state index contributed by atoms with van der Waals surface area (Å²) >= 11 is 0. The zero-order chi connectivity index (χ0) is 14.2. The van der Waals surface area contributed by atoms with E-state index in [1.54, 1.807) is 0 Å². The SMILES string of the molecule is CC1(C)CCC(C(N)c2cccc(C3CCC3)c2)CC1. The van der Waals surface area contributed by atoms with E-state index in [4.69, 9.17) is 5.73 Å². The minimum absolute atomic E-state index is 0.242. The van der Waals surface area contributed by atoms with Gasteiger partial charge in [0, 0.05) is 6.04 Å². The minimum Gasteiger partial charge on any atom is -0.324 e. The molecule has 1 heteroatoms. The highest BCUT2D eigenvalue weighted by Crippen LogP contribution is 2.43. The van der Waals surface area contributed by atoms with Crippen LogP contribution in [-0.2, 0) is 0 Å². The zero-order valence-electron chi connectivity index (χ0n) is 13.1. The van der Waals surface area contributed by atoms with Crippen LogP contribution in [0, 0.1) is 11.3 Å². The van der Waals surface area contributed by atoms with Crippen LogP contribution in [0.2, 0.25) is 0 Å². The van der Waals surface area contributed by atoms with Gasteiger partial charge >= 0.3 is 0 Å². The topological polar surface area (TPSA) is 26.0 Å². The van der Waals surface area contributed by atoms with Crippen molar-refractivity contribution in [1.82, 2.24) is 0 Å². The van der Waals surface area contributed by atoms with Crippen molar-refractivity contribution in [3.05, 3.63) is 35.4 Å². The molecule has 2 N–H and O–H groups in total. The van der Waals surface area contributed by atoms with Gasteiger partial charge in [-0.05, 0) is 66.9 Å². The third-order valence-electron chi connectivity index (χ3n) is 5.76. The molecule has 0 aromatic heterocycles. The number of hydrogen-bond acceptors (Lipinski definition) is 1. The summed E-state index contributed by atoms with van der Waals surface area (Å²) in [6.07, 6.45) is 9.39. The van der Waals surface area contributed by atoms with Crippen molar-refractivity contribution < 1.29 is 0 Å². The van der Waals surface area contributed by atoms with E-state index in [-0.39, 0.29) is 6.04 Å². The zero-order valence-corrected chi connectivity index (χ0v) is 13.1. The molecule has 20 heavy (non-hydrogen) atoms. The molecule has 2 saturated carbocycles. The minimum atomic E-state index is 0.242. The highest BCUT2D eigenvalue weighted by molar-refractivity contribution is 5.30. The van der Waals surface area contributed by atoms with E-state index < -0.39 is 0 Å². The highest BCUT2D eigenvalue weighted by Gasteiger charge is 2.30. The van der Waals surface area contributed by atoms with Crippen LogP contribution in [0.1, 0.15) is 81.9 Å². The second-order valence-corrected chi connectivity index (χ2v) is 7.83. The van der Waals surface area contributed by atoms with Crippen molar-refractivity contribution in [2.75, 3.05) is 0 Å². The normalized spacial score (nSPS) is 25.1. The Kier molecular flexibility index (Phi) is 3.90. The molecule has 1 nitrogen and oxygen atoms in total. The molecule has 2 fully saturated rings. The molecule has 1 unspecified atom stereocenters. The molecule has 3 rings (SSSR count). The van der Waals surface area contributed by atoms with Gasteiger partial charge in [0.2, 0.25) is 0 Å². The lowest BCUT2D eigenvalue weighted by Crippen LogP contribution is -2.29. The number of rotatable bonds is 3. The van der Waals surface area contributed by atoms with Gasteiger partial charge in [-0.3, -0.25) is 0 Å². The second kappa shape index (κ2) is 5.52. The summed E-state index contributed by atoms with van der Waals surface area (Å²) in [6, 6.07) is 9.40. The molecule has 0 saturated heterocycles. The Balaban J connectivity index is 1.69. The number of benzene rings is 1. The smallest absolute Gasteiger partial charge is 0.0323 e. The van der Waals surface area contributed by atoms with E-state index in [2.05, 4.69) is 38.1 Å². The number of nitrogens with two attached hydrogens (primary N) is 1. The lowest BCUT2D eigenvalue weighted by molar-refractivity contribution is 0.173. The van der Waals surface area contributed by atoms with Crippen molar-refractivity contribution >= 4 is 0 Å². The van der Waals surface area contributed by atoms with Crippen LogP contribution in [0.4, 0.5) is 0 Å². The van der Waals surface area contributed by atoms with Gasteiger partial charge in [0.25, 0.3) is 0 Å². The van der Waals surface area contributed by atoms with Crippen LogP contribution in [0.15, 0.2) is 24.3 Å². The largest absolute Gasteiger partial charge is 0.324 e. The van der Waals surface area contributed by atoms with E-state index >= 15 is 0 Å². The van der Waals surface area contributed by atoms with Gasteiger partial charge in [-0.1, -0.05) is 44.5 Å². The average molecular weight is 271 g/mol. The summed E-state index contributed by atoms with van der Waals surface area (Å²) in [5.41, 5.74) is 10.0. The van der Waals surface area contributed by atoms with Crippen molar-refractivity contribution in [1.29, 1.82) is 0 Å². The quantitative estimate of drug-likeness (QED) is 0.806. The highest BCUT2D eigenvalue weighted by atomic mass is 14.7. The number of hydrogen-bond donors (Lipinski definition) is 1. The van der Waals surface area contributed by atoms with Crippen LogP contribution < -0.4 is 5.73 Å². The van der Waals surface area contributed by atoms with Gasteiger partial charge in [0.1, 0.15) is 0 Å². The van der Waals surface area contributed by atoms with E-state index in [1.165, 1.54) is 56.1 Å². The second-order valence-electron chi connectivity index (χ2n) is 7.83. The summed E-state index contributed by atoms with van der Waals surface area (Å²) < 4.78 is 0. The van der Waals surface area contributed by atoms with Gasteiger partial charge in [-0.2, -0.15) is 0 Å². The molecule has 0 aliphatic heterocycles. The molecular weight excluding hydrogens is 242 g/mol. The fourth-order valence-corrected chi connectivity index (χ4v) is 3.81. The van der Waals surface area contributed by atoms with Gasteiger partial charge in [0.05, 0.1) is 0 Å². The molecule has 1 atom stereocenters. The van der Waals surface area contributed by atoms with Crippen LogP contribution in [0.3, 0.4) is 0 Å². The van der Waals surface area contributed by atoms with Crippen molar-refractivity contribution in [2.24, 2.45) is 17.1 Å². The van der Waals surface area contributed by atoms with Gasteiger partial charge in [-0.15, -0.1) is 0 Å². The van der Waals surface area contributed by atoms with Crippen molar-refractivity contribution in [3.63, 3.8) is 0 Å². The van der Waals surface area contributed by atoms with Crippen LogP contribution in [0.25, 0.3) is 0 Å². The molecule has 0 radical (unpaired) electrons. The predicted octanol–water partition coefficient (Wildman–Crippen LogP) is 5.17. The maximum atomic E-state index is 6.59. The van der Waals surface area contributed by atoms with Gasteiger partial charge < -0.3 is 5.73 Å². The van der Waals surface area contributed by atoms with Crippen molar-refractivity contribution in [3.8, 4) is 0 Å². The molecule has 0 spiro atoms. The Morgan fingerprint density at radius 2 is 1.80 bits per heavy atom. The van der Waals surface area contributed by atoms with Gasteiger partial charge in [0.15, 0.2) is 0 Å². The Morgan fingerprint density at radius 3 is 2.40 bits per heavy atom. The maximum Gasteiger partial charge on any atom is 0.0323 e. The third-order valence-corrected chi connectivity index (χ3v) is 5.76. The molecule has 1 aromatic carbocycles. The van der Waals surface area contributed by atoms with Crippen molar-refractivity contribution in [2.45, 2.75) is 70.8 Å². The van der Waals surface area contributed by atoms with E-state index in [1.807, 2.05) is 0 Å². The molecule has 110 valence electrons. The Morgan fingerprint density at radius 1 is 1.10 bits per heavy atom. The first-order chi connectivity index (χ1) is 9.55. The Bertz CT molecular complexity index is 449. The lowest BCUT2D eigenvalue weighted by Gasteiger charge is -2.37. The van der Waals surface area contributed by atoms with E-state index in [0.29, 0.717) is 11.3 Å². The fourth-order valence-electron chi connectivity index (χ4n) is 3.81. The lowest BCUT2D eigenvalue weighted by atomic mass is 9.70. The fraction of sp³-hybridized carbons (Fsp3) is 0.684. The van der Waals surface area contributed by atoms with Crippen LogP contribution in [0.5, 0.6) is 0 Å². The summed E-state index contributed by atoms with van der Waals surface area (Å²) in [6.45, 7) is 4.79. The molecule has 1 aromatic rings. The van der Waals surface area contributed by atoms with E-state index in [0.717, 1.165) is 5.92 Å². The summed E-state index contributed by atoms with van der Waals surface area (Å²) in [5, 5.41) is 0. The Hall–Kier alpha value is -0.820. The first-order valence-electron chi connectivity index (χ1n) is 8.41. The first kappa shape index (κ1) is 14.1. The molecule has 0 heterocycles. The van der Waals surface area contributed by atoms with Gasteiger partial charge in [-0.25, -0.2) is 0 Å². The molecule has 0 bridgehead atoms. The molecule has 2 aliphatic rings. The molecular formula is C19H29N. The van der Waals surface area contributed by atoms with Crippen LogP contribution in [-0.4, -0.2) is 0 Å². The first-order valence-corrected chi connectivity index (χ1v) is 8.41. The average Bonchev–Trinajstić information content (AvgIpc) is 2.36. The molecule has 0 amide bonds. The monoisotopic (exact) mass is 271 g/mol. The molecule has 2 aliphatic carbocycles. The third kappa shape index (κ3) is 2.93.